The summed E-state index contributed by atoms with van der Waals surface area (Å²) in [6.45, 7) is 6.22. The number of carbonyl (C=O) groups is 1. The number of carboxylic acids is 1. The van der Waals surface area contributed by atoms with Crippen LogP contribution in [-0.2, 0) is 16.1 Å². The summed E-state index contributed by atoms with van der Waals surface area (Å²) in [5, 5.41) is 9.11. The average Bonchev–Trinajstić information content (AvgIpc) is 3.65. The predicted octanol–water partition coefficient (Wildman–Crippen LogP) is 5.69. The Morgan fingerprint density at radius 2 is 1.83 bits per heavy atom. The van der Waals surface area contributed by atoms with Crippen LogP contribution in [0.4, 0.5) is 0 Å². The van der Waals surface area contributed by atoms with Crippen molar-refractivity contribution in [2.45, 2.75) is 51.7 Å². The maximum atomic E-state index is 11.1. The maximum Gasteiger partial charge on any atom is 0.307 e. The molecule has 2 aliphatic rings. The summed E-state index contributed by atoms with van der Waals surface area (Å²) in [5.74, 6) is 0.578. The van der Waals surface area contributed by atoms with E-state index in [1.165, 1.54) is 16.7 Å². The first-order valence-corrected chi connectivity index (χ1v) is 12.2. The smallest absolute Gasteiger partial charge is 0.307 e. The van der Waals surface area contributed by atoms with Gasteiger partial charge >= 0.3 is 5.97 Å². The number of rotatable bonds is 8. The molecule has 35 heavy (non-hydrogen) atoms. The number of aliphatic carboxylic acids is 1. The molecule has 2 heterocycles. The molecule has 5 rings (SSSR count). The Labute approximate surface area is 205 Å². The van der Waals surface area contributed by atoms with Gasteiger partial charge in [-0.05, 0) is 78.4 Å². The van der Waals surface area contributed by atoms with Gasteiger partial charge in [0.15, 0.2) is 0 Å². The summed E-state index contributed by atoms with van der Waals surface area (Å²) in [6.07, 6.45) is 4.44. The molecule has 1 N–H and O–H groups in total. The zero-order valence-electron chi connectivity index (χ0n) is 20.2. The molecule has 0 spiro atoms. The first-order valence-electron chi connectivity index (χ1n) is 12.2. The van der Waals surface area contributed by atoms with E-state index in [9.17, 15) is 4.79 Å². The lowest BCUT2D eigenvalue weighted by molar-refractivity contribution is -0.138. The van der Waals surface area contributed by atoms with Gasteiger partial charge in [0.05, 0.1) is 25.3 Å². The van der Waals surface area contributed by atoms with Crippen molar-refractivity contribution in [3.05, 3.63) is 77.1 Å². The molecular formula is C29H31NO5. The van der Waals surface area contributed by atoms with Crippen molar-refractivity contribution in [1.29, 1.82) is 0 Å². The fourth-order valence-electron chi connectivity index (χ4n) is 4.91. The van der Waals surface area contributed by atoms with Gasteiger partial charge in [-0.3, -0.25) is 9.78 Å². The molecule has 1 saturated carbocycles. The SMILES string of the molecule is Cc1cc(OC2CCOCC2)cc(C)c1-c1cccc(COc2ccc(C3C[C@H]3C(=O)O)nc2)c1. The highest BCUT2D eigenvalue weighted by molar-refractivity contribution is 5.75. The highest BCUT2D eigenvalue weighted by Crippen LogP contribution is 2.46. The van der Waals surface area contributed by atoms with Crippen LogP contribution in [0.5, 0.6) is 11.5 Å². The summed E-state index contributed by atoms with van der Waals surface area (Å²) in [5.41, 5.74) is 6.63. The van der Waals surface area contributed by atoms with Crippen molar-refractivity contribution >= 4 is 5.97 Å². The van der Waals surface area contributed by atoms with Crippen LogP contribution in [0.2, 0.25) is 0 Å². The highest BCUT2D eigenvalue weighted by Gasteiger charge is 2.45. The van der Waals surface area contributed by atoms with Gasteiger partial charge in [0.25, 0.3) is 0 Å². The van der Waals surface area contributed by atoms with E-state index < -0.39 is 5.97 Å². The molecule has 1 aliphatic heterocycles. The van der Waals surface area contributed by atoms with E-state index >= 15 is 0 Å². The lowest BCUT2D eigenvalue weighted by atomic mass is 9.94. The van der Waals surface area contributed by atoms with Gasteiger partial charge in [0, 0.05) is 24.5 Å². The Kier molecular flexibility index (Phi) is 6.73. The molecule has 2 aromatic carbocycles. The molecule has 1 unspecified atom stereocenters. The fourth-order valence-corrected chi connectivity index (χ4v) is 4.91. The van der Waals surface area contributed by atoms with E-state index in [4.69, 9.17) is 19.3 Å². The number of nitrogens with zero attached hydrogens (tertiary/aromatic N) is 1. The summed E-state index contributed by atoms with van der Waals surface area (Å²) in [7, 11) is 0. The summed E-state index contributed by atoms with van der Waals surface area (Å²) < 4.78 is 17.6. The lowest BCUT2D eigenvalue weighted by Crippen LogP contribution is -2.25. The van der Waals surface area contributed by atoms with Gasteiger partial charge in [0.1, 0.15) is 24.2 Å². The first kappa shape index (κ1) is 23.4. The van der Waals surface area contributed by atoms with Crippen molar-refractivity contribution in [3.63, 3.8) is 0 Å². The van der Waals surface area contributed by atoms with Gasteiger partial charge in [0.2, 0.25) is 0 Å². The number of hydrogen-bond acceptors (Lipinski definition) is 5. The number of aromatic nitrogens is 1. The van der Waals surface area contributed by atoms with E-state index in [0.29, 0.717) is 18.8 Å². The van der Waals surface area contributed by atoms with Crippen LogP contribution in [-0.4, -0.2) is 35.4 Å². The second-order valence-electron chi connectivity index (χ2n) is 9.56. The minimum absolute atomic E-state index is 0.0261. The zero-order chi connectivity index (χ0) is 24.4. The Balaban J connectivity index is 1.24. The molecule has 3 aromatic rings. The minimum Gasteiger partial charge on any atom is -0.490 e. The van der Waals surface area contributed by atoms with E-state index in [1.807, 2.05) is 12.1 Å². The molecule has 1 aliphatic carbocycles. The molecular weight excluding hydrogens is 442 g/mol. The topological polar surface area (TPSA) is 77.9 Å². The number of hydrogen-bond donors (Lipinski definition) is 1. The predicted molar refractivity (Wildman–Crippen MR) is 133 cm³/mol. The summed E-state index contributed by atoms with van der Waals surface area (Å²) in [4.78, 5) is 15.5. The minimum atomic E-state index is -0.746. The molecule has 6 heteroatoms. The third kappa shape index (κ3) is 5.49. The van der Waals surface area contributed by atoms with E-state index in [1.54, 1.807) is 6.20 Å². The van der Waals surface area contributed by atoms with Crippen molar-refractivity contribution in [3.8, 4) is 22.6 Å². The fraction of sp³-hybridized carbons (Fsp3) is 0.379. The Morgan fingerprint density at radius 1 is 1.06 bits per heavy atom. The van der Waals surface area contributed by atoms with Crippen molar-refractivity contribution < 1.29 is 24.1 Å². The molecule has 0 bridgehead atoms. The molecule has 2 atom stereocenters. The van der Waals surface area contributed by atoms with Crippen LogP contribution in [0, 0.1) is 19.8 Å². The highest BCUT2D eigenvalue weighted by atomic mass is 16.5. The van der Waals surface area contributed by atoms with Crippen LogP contribution in [0.3, 0.4) is 0 Å². The normalized spacial score (nSPS) is 19.8. The van der Waals surface area contributed by atoms with Crippen LogP contribution >= 0.6 is 0 Å². The molecule has 6 nitrogen and oxygen atoms in total. The van der Waals surface area contributed by atoms with Crippen molar-refractivity contribution in [2.24, 2.45) is 5.92 Å². The number of carboxylic acid groups (broad SMARTS) is 1. The van der Waals surface area contributed by atoms with Gasteiger partial charge < -0.3 is 19.3 Å². The Hall–Kier alpha value is -3.38. The number of pyridine rings is 1. The van der Waals surface area contributed by atoms with Gasteiger partial charge in [-0.15, -0.1) is 0 Å². The Bertz CT molecular complexity index is 1180. The monoisotopic (exact) mass is 473 g/mol. The second kappa shape index (κ2) is 10.1. The summed E-state index contributed by atoms with van der Waals surface area (Å²) in [6, 6.07) is 16.4. The molecule has 1 saturated heterocycles. The van der Waals surface area contributed by atoms with Crippen LogP contribution < -0.4 is 9.47 Å². The van der Waals surface area contributed by atoms with Gasteiger partial charge in [-0.2, -0.15) is 0 Å². The Morgan fingerprint density at radius 3 is 2.49 bits per heavy atom. The van der Waals surface area contributed by atoms with Gasteiger partial charge in [-0.1, -0.05) is 18.2 Å². The van der Waals surface area contributed by atoms with E-state index in [-0.39, 0.29) is 17.9 Å². The molecule has 0 amide bonds. The van der Waals surface area contributed by atoms with Crippen LogP contribution in [0.25, 0.3) is 11.1 Å². The van der Waals surface area contributed by atoms with Gasteiger partial charge in [-0.25, -0.2) is 0 Å². The number of ether oxygens (including phenoxy) is 3. The second-order valence-corrected chi connectivity index (χ2v) is 9.56. The van der Waals surface area contributed by atoms with Crippen molar-refractivity contribution in [1.82, 2.24) is 4.98 Å². The average molecular weight is 474 g/mol. The zero-order valence-corrected chi connectivity index (χ0v) is 20.2. The van der Waals surface area contributed by atoms with E-state index in [2.05, 4.69) is 55.2 Å². The van der Waals surface area contributed by atoms with Crippen molar-refractivity contribution in [2.75, 3.05) is 13.2 Å². The molecule has 182 valence electrons. The molecule has 2 fully saturated rings. The number of benzene rings is 2. The maximum absolute atomic E-state index is 11.1. The molecule has 0 radical (unpaired) electrons. The molecule has 1 aromatic heterocycles. The largest absolute Gasteiger partial charge is 0.490 e. The third-order valence-corrected chi connectivity index (χ3v) is 6.85. The van der Waals surface area contributed by atoms with E-state index in [0.717, 1.165) is 48.6 Å². The number of aryl methyl sites for hydroxylation is 2. The van der Waals surface area contributed by atoms with Crippen LogP contribution in [0.15, 0.2) is 54.7 Å². The lowest BCUT2D eigenvalue weighted by Gasteiger charge is -2.24. The summed E-state index contributed by atoms with van der Waals surface area (Å²) >= 11 is 0. The quantitative estimate of drug-likeness (QED) is 0.453. The third-order valence-electron chi connectivity index (χ3n) is 6.85. The first-order chi connectivity index (χ1) is 17.0. The van der Waals surface area contributed by atoms with Crippen LogP contribution in [0.1, 0.15) is 47.6 Å². The standard InChI is InChI=1S/C29H31NO5/c1-18-12-24(35-22-8-10-33-11-9-22)13-19(2)28(18)21-5-3-4-20(14-21)17-34-23-6-7-27(30-16-23)25-15-26(25)29(31)32/h3-7,12-14,16,22,25-26H,8-11,15,17H2,1-2H3,(H,31,32)/t25?,26-/m1/s1.